The lowest BCUT2D eigenvalue weighted by atomic mass is 9.84. The Labute approximate surface area is 110 Å². The van der Waals surface area contributed by atoms with Crippen molar-refractivity contribution in [2.75, 3.05) is 13.2 Å². The largest absolute Gasteiger partial charge is 0.388 e. The minimum atomic E-state index is -0.345. The second kappa shape index (κ2) is 5.41. The zero-order chi connectivity index (χ0) is 13.2. The van der Waals surface area contributed by atoms with Crippen molar-refractivity contribution in [1.29, 1.82) is 0 Å². The average Bonchev–Trinajstić information content (AvgIpc) is 2.38. The van der Waals surface area contributed by atoms with E-state index in [9.17, 15) is 5.11 Å². The van der Waals surface area contributed by atoms with Crippen molar-refractivity contribution in [3.63, 3.8) is 0 Å². The van der Waals surface area contributed by atoms with Crippen LogP contribution >= 0.6 is 0 Å². The minimum Gasteiger partial charge on any atom is -0.388 e. The van der Waals surface area contributed by atoms with Gasteiger partial charge in [0.15, 0.2) is 0 Å². The predicted octanol–water partition coefficient (Wildman–Crippen LogP) is 3.44. The molecule has 1 aliphatic rings. The van der Waals surface area contributed by atoms with E-state index in [0.29, 0.717) is 5.92 Å². The summed E-state index contributed by atoms with van der Waals surface area (Å²) in [5.74, 6) is 0.347. The van der Waals surface area contributed by atoms with E-state index < -0.39 is 0 Å². The highest BCUT2D eigenvalue weighted by Crippen LogP contribution is 2.31. The third-order valence-electron chi connectivity index (χ3n) is 3.83. The van der Waals surface area contributed by atoms with E-state index in [1.54, 1.807) is 0 Å². The zero-order valence-corrected chi connectivity index (χ0v) is 11.6. The molecule has 0 amide bonds. The second-order valence-corrected chi connectivity index (χ2v) is 6.27. The maximum atomic E-state index is 10.4. The summed E-state index contributed by atoms with van der Waals surface area (Å²) in [7, 11) is 0. The molecule has 1 fully saturated rings. The highest BCUT2D eigenvalue weighted by molar-refractivity contribution is 5.28. The lowest BCUT2D eigenvalue weighted by molar-refractivity contribution is 0.00717. The molecule has 0 radical (unpaired) electrons. The first-order valence-electron chi connectivity index (χ1n) is 6.85. The SMILES string of the molecule is CC(C)(C)c1ccc(C(O)C2CCOCC2)cc1. The van der Waals surface area contributed by atoms with Crippen molar-refractivity contribution < 1.29 is 9.84 Å². The number of ether oxygens (including phenoxy) is 1. The molecule has 100 valence electrons. The second-order valence-electron chi connectivity index (χ2n) is 6.27. The zero-order valence-electron chi connectivity index (χ0n) is 11.6. The van der Waals surface area contributed by atoms with Gasteiger partial charge in [-0.25, -0.2) is 0 Å². The van der Waals surface area contributed by atoms with Gasteiger partial charge < -0.3 is 9.84 Å². The van der Waals surface area contributed by atoms with Gasteiger partial charge >= 0.3 is 0 Å². The monoisotopic (exact) mass is 248 g/mol. The number of aliphatic hydroxyl groups is 1. The summed E-state index contributed by atoms with van der Waals surface area (Å²) in [6.45, 7) is 8.17. The van der Waals surface area contributed by atoms with E-state index >= 15 is 0 Å². The summed E-state index contributed by atoms with van der Waals surface area (Å²) >= 11 is 0. The van der Waals surface area contributed by atoms with Crippen molar-refractivity contribution in [2.24, 2.45) is 5.92 Å². The van der Waals surface area contributed by atoms with Crippen LogP contribution in [0.15, 0.2) is 24.3 Å². The van der Waals surface area contributed by atoms with Gasteiger partial charge in [0, 0.05) is 13.2 Å². The first-order chi connectivity index (χ1) is 8.48. The van der Waals surface area contributed by atoms with E-state index in [2.05, 4.69) is 45.0 Å². The molecule has 0 saturated carbocycles. The Bertz CT molecular complexity index is 369. The van der Waals surface area contributed by atoms with Gasteiger partial charge in [-0.15, -0.1) is 0 Å². The molecule has 1 aromatic rings. The van der Waals surface area contributed by atoms with E-state index in [-0.39, 0.29) is 11.5 Å². The molecule has 0 aromatic heterocycles. The maximum Gasteiger partial charge on any atom is 0.0819 e. The molecular weight excluding hydrogens is 224 g/mol. The molecule has 1 unspecified atom stereocenters. The fourth-order valence-corrected chi connectivity index (χ4v) is 2.48. The molecule has 0 bridgehead atoms. The van der Waals surface area contributed by atoms with Gasteiger partial charge in [0.25, 0.3) is 0 Å². The van der Waals surface area contributed by atoms with Crippen LogP contribution in [0.4, 0.5) is 0 Å². The van der Waals surface area contributed by atoms with Crippen LogP contribution in [0, 0.1) is 5.92 Å². The summed E-state index contributed by atoms with van der Waals surface area (Å²) in [5, 5.41) is 10.4. The molecule has 2 nitrogen and oxygen atoms in total. The number of rotatable bonds is 2. The topological polar surface area (TPSA) is 29.5 Å². The molecule has 18 heavy (non-hydrogen) atoms. The Balaban J connectivity index is 2.09. The molecular formula is C16H24O2. The Hall–Kier alpha value is -0.860. The molecule has 1 heterocycles. The van der Waals surface area contributed by atoms with E-state index in [1.165, 1.54) is 5.56 Å². The van der Waals surface area contributed by atoms with Crippen LogP contribution < -0.4 is 0 Å². The molecule has 1 atom stereocenters. The van der Waals surface area contributed by atoms with Crippen LogP contribution in [-0.2, 0) is 10.2 Å². The summed E-state index contributed by atoms with van der Waals surface area (Å²) in [5.41, 5.74) is 2.52. The third kappa shape index (κ3) is 3.12. The predicted molar refractivity (Wildman–Crippen MR) is 73.6 cm³/mol. The third-order valence-corrected chi connectivity index (χ3v) is 3.83. The van der Waals surface area contributed by atoms with Gasteiger partial charge in [0.05, 0.1) is 6.10 Å². The van der Waals surface area contributed by atoms with Gasteiger partial charge in [-0.2, -0.15) is 0 Å². The van der Waals surface area contributed by atoms with Crippen molar-refractivity contribution in [3.05, 3.63) is 35.4 Å². The Kier molecular flexibility index (Phi) is 4.08. The summed E-state index contributed by atoms with van der Waals surface area (Å²) < 4.78 is 5.34. The number of hydrogen-bond donors (Lipinski definition) is 1. The van der Waals surface area contributed by atoms with Crippen LogP contribution in [-0.4, -0.2) is 18.3 Å². The van der Waals surface area contributed by atoms with Crippen LogP contribution in [0.25, 0.3) is 0 Å². The summed E-state index contributed by atoms with van der Waals surface area (Å²) in [6, 6.07) is 8.41. The van der Waals surface area contributed by atoms with Crippen LogP contribution in [0.2, 0.25) is 0 Å². The van der Waals surface area contributed by atoms with Gasteiger partial charge in [-0.05, 0) is 35.3 Å². The molecule has 0 aliphatic carbocycles. The Morgan fingerprint density at radius 2 is 1.67 bits per heavy atom. The van der Waals surface area contributed by atoms with Crippen LogP contribution in [0.1, 0.15) is 50.8 Å². The standard InChI is InChI=1S/C16H24O2/c1-16(2,3)14-6-4-12(5-7-14)15(17)13-8-10-18-11-9-13/h4-7,13,15,17H,8-11H2,1-3H3. The molecule has 1 N–H and O–H groups in total. The average molecular weight is 248 g/mol. The number of benzene rings is 1. The van der Waals surface area contributed by atoms with Gasteiger partial charge in [-0.3, -0.25) is 0 Å². The molecule has 1 aliphatic heterocycles. The first kappa shape index (κ1) is 13.6. The quantitative estimate of drug-likeness (QED) is 0.868. The highest BCUT2D eigenvalue weighted by Gasteiger charge is 2.23. The molecule has 1 saturated heterocycles. The van der Waals surface area contributed by atoms with Crippen LogP contribution in [0.3, 0.4) is 0 Å². The van der Waals surface area contributed by atoms with E-state index in [0.717, 1.165) is 31.6 Å². The minimum absolute atomic E-state index is 0.169. The first-order valence-corrected chi connectivity index (χ1v) is 6.85. The number of aliphatic hydroxyl groups excluding tert-OH is 1. The van der Waals surface area contributed by atoms with Crippen molar-refractivity contribution in [1.82, 2.24) is 0 Å². The Morgan fingerprint density at radius 1 is 1.11 bits per heavy atom. The van der Waals surface area contributed by atoms with Crippen molar-refractivity contribution in [3.8, 4) is 0 Å². The van der Waals surface area contributed by atoms with Crippen LogP contribution in [0.5, 0.6) is 0 Å². The smallest absolute Gasteiger partial charge is 0.0819 e. The lowest BCUT2D eigenvalue weighted by Crippen LogP contribution is -2.22. The molecule has 1 aromatic carbocycles. The van der Waals surface area contributed by atoms with E-state index in [1.807, 2.05) is 0 Å². The normalized spacial score (nSPS) is 19.8. The van der Waals surface area contributed by atoms with Crippen molar-refractivity contribution >= 4 is 0 Å². The van der Waals surface area contributed by atoms with Gasteiger partial charge in [0.1, 0.15) is 0 Å². The molecule has 2 rings (SSSR count). The van der Waals surface area contributed by atoms with E-state index in [4.69, 9.17) is 4.74 Å². The fourth-order valence-electron chi connectivity index (χ4n) is 2.48. The summed E-state index contributed by atoms with van der Waals surface area (Å²) in [6.07, 6.45) is 1.58. The van der Waals surface area contributed by atoms with Gasteiger partial charge in [0.2, 0.25) is 0 Å². The van der Waals surface area contributed by atoms with Gasteiger partial charge in [-0.1, -0.05) is 45.0 Å². The summed E-state index contributed by atoms with van der Waals surface area (Å²) in [4.78, 5) is 0. The Morgan fingerprint density at radius 3 is 2.17 bits per heavy atom. The lowest BCUT2D eigenvalue weighted by Gasteiger charge is -2.27. The fraction of sp³-hybridized carbons (Fsp3) is 0.625. The molecule has 2 heteroatoms. The maximum absolute atomic E-state index is 10.4. The van der Waals surface area contributed by atoms with Crippen molar-refractivity contribution in [2.45, 2.75) is 45.1 Å². The highest BCUT2D eigenvalue weighted by atomic mass is 16.5. The number of hydrogen-bond acceptors (Lipinski definition) is 2. The molecule has 0 spiro atoms.